The Balaban J connectivity index is 3.51. The summed E-state index contributed by atoms with van der Waals surface area (Å²) in [7, 11) is 0. The van der Waals surface area contributed by atoms with Gasteiger partial charge >= 0.3 is 0 Å². The molecule has 0 spiro atoms. The first kappa shape index (κ1) is 11.0. The lowest BCUT2D eigenvalue weighted by atomic mass is 10.2. The Labute approximate surface area is 73.7 Å². The number of terminal acetylenes is 1. The van der Waals surface area contributed by atoms with E-state index in [-0.39, 0.29) is 11.9 Å². The van der Waals surface area contributed by atoms with Gasteiger partial charge in [-0.15, -0.1) is 12.3 Å². The lowest BCUT2D eigenvalue weighted by Gasteiger charge is -2.09. The number of nitrogens with two attached hydrogens (primary N) is 1. The lowest BCUT2D eigenvalue weighted by molar-refractivity contribution is -0.122. The van der Waals surface area contributed by atoms with E-state index in [4.69, 9.17) is 12.2 Å². The molecule has 0 unspecified atom stereocenters. The van der Waals surface area contributed by atoms with Crippen molar-refractivity contribution in [3.05, 3.63) is 0 Å². The fourth-order valence-corrected chi connectivity index (χ4v) is 0.831. The maximum absolute atomic E-state index is 11.1. The van der Waals surface area contributed by atoms with Crippen LogP contribution in [0, 0.1) is 12.3 Å². The lowest BCUT2D eigenvalue weighted by Crippen LogP contribution is -2.40. The molecule has 3 heteroatoms. The molecular formula is C9H16N2O. The molecule has 1 atom stereocenters. The van der Waals surface area contributed by atoms with Crippen molar-refractivity contribution in [2.24, 2.45) is 5.73 Å². The molecule has 3 N–H and O–H groups in total. The standard InChI is InChI=1S/C9H16N2O/c1-3-5-7-11-9(12)8(10)6-4-2/h1,8H,4-7,10H2,2H3,(H,11,12)/t8-/m0/s1. The van der Waals surface area contributed by atoms with Crippen molar-refractivity contribution in [2.75, 3.05) is 6.54 Å². The Hall–Kier alpha value is -1.01. The quantitative estimate of drug-likeness (QED) is 0.457. The average molecular weight is 168 g/mol. The summed E-state index contributed by atoms with van der Waals surface area (Å²) in [4.78, 5) is 11.1. The molecule has 0 aromatic heterocycles. The second kappa shape index (κ2) is 6.68. The summed E-state index contributed by atoms with van der Waals surface area (Å²) < 4.78 is 0. The van der Waals surface area contributed by atoms with Gasteiger partial charge in [-0.1, -0.05) is 13.3 Å². The largest absolute Gasteiger partial charge is 0.354 e. The third-order valence-electron chi connectivity index (χ3n) is 1.51. The molecule has 0 saturated heterocycles. The molecule has 0 aromatic carbocycles. The molecule has 0 bridgehead atoms. The highest BCUT2D eigenvalue weighted by molar-refractivity contribution is 5.81. The van der Waals surface area contributed by atoms with Gasteiger partial charge in [0.2, 0.25) is 5.91 Å². The van der Waals surface area contributed by atoms with Crippen molar-refractivity contribution < 1.29 is 4.79 Å². The molecule has 0 saturated carbocycles. The van der Waals surface area contributed by atoms with Crippen LogP contribution in [-0.4, -0.2) is 18.5 Å². The van der Waals surface area contributed by atoms with E-state index >= 15 is 0 Å². The van der Waals surface area contributed by atoms with Gasteiger partial charge in [0.15, 0.2) is 0 Å². The third kappa shape index (κ3) is 4.75. The van der Waals surface area contributed by atoms with Crippen LogP contribution < -0.4 is 11.1 Å². The number of amides is 1. The Bertz CT molecular complexity index is 172. The van der Waals surface area contributed by atoms with Gasteiger partial charge in [0, 0.05) is 13.0 Å². The Morgan fingerprint density at radius 2 is 2.42 bits per heavy atom. The SMILES string of the molecule is C#CCCNC(=O)[C@@H](N)CCC. The molecule has 0 aliphatic heterocycles. The van der Waals surface area contributed by atoms with Gasteiger partial charge in [0.05, 0.1) is 6.04 Å². The van der Waals surface area contributed by atoms with Gasteiger partial charge in [0.1, 0.15) is 0 Å². The minimum atomic E-state index is -0.382. The van der Waals surface area contributed by atoms with Crippen LogP contribution in [0.25, 0.3) is 0 Å². The predicted octanol–water partition coefficient (Wildman–Crippen LogP) is 0.253. The zero-order valence-corrected chi connectivity index (χ0v) is 7.47. The van der Waals surface area contributed by atoms with Crippen LogP contribution in [0.3, 0.4) is 0 Å². The summed E-state index contributed by atoms with van der Waals surface area (Å²) >= 11 is 0. The topological polar surface area (TPSA) is 55.1 Å². The molecule has 0 aliphatic rings. The third-order valence-corrected chi connectivity index (χ3v) is 1.51. The van der Waals surface area contributed by atoms with Crippen LogP contribution in [0.2, 0.25) is 0 Å². The Morgan fingerprint density at radius 1 is 1.75 bits per heavy atom. The van der Waals surface area contributed by atoms with Crippen molar-refractivity contribution in [1.82, 2.24) is 5.32 Å². The molecule has 0 rings (SSSR count). The first-order valence-electron chi connectivity index (χ1n) is 4.19. The van der Waals surface area contributed by atoms with E-state index in [9.17, 15) is 4.79 Å². The second-order valence-electron chi connectivity index (χ2n) is 2.64. The van der Waals surface area contributed by atoms with Crippen molar-refractivity contribution in [2.45, 2.75) is 32.2 Å². The highest BCUT2D eigenvalue weighted by Gasteiger charge is 2.10. The van der Waals surface area contributed by atoms with Crippen molar-refractivity contribution in [1.29, 1.82) is 0 Å². The van der Waals surface area contributed by atoms with Crippen molar-refractivity contribution >= 4 is 5.91 Å². The fraction of sp³-hybridized carbons (Fsp3) is 0.667. The number of carbonyl (C=O) groups is 1. The van der Waals surface area contributed by atoms with Crippen molar-refractivity contribution in [3.63, 3.8) is 0 Å². The number of carbonyl (C=O) groups excluding carboxylic acids is 1. The van der Waals surface area contributed by atoms with Crippen molar-refractivity contribution in [3.8, 4) is 12.3 Å². The molecule has 0 aliphatic carbocycles. The van der Waals surface area contributed by atoms with Crippen LogP contribution in [0.5, 0.6) is 0 Å². The molecule has 0 heterocycles. The second-order valence-corrected chi connectivity index (χ2v) is 2.64. The van der Waals surface area contributed by atoms with Gasteiger partial charge < -0.3 is 11.1 Å². The minimum Gasteiger partial charge on any atom is -0.354 e. The van der Waals surface area contributed by atoms with Gasteiger partial charge in [-0.05, 0) is 6.42 Å². The van der Waals surface area contributed by atoms with Crippen LogP contribution in [0.1, 0.15) is 26.2 Å². The summed E-state index contributed by atoms with van der Waals surface area (Å²) in [6, 6.07) is -0.382. The van der Waals surface area contributed by atoms with Gasteiger partial charge in [-0.2, -0.15) is 0 Å². The summed E-state index contributed by atoms with van der Waals surface area (Å²) in [5, 5.41) is 2.66. The molecule has 3 nitrogen and oxygen atoms in total. The Morgan fingerprint density at radius 3 is 2.92 bits per heavy atom. The first-order chi connectivity index (χ1) is 5.72. The Kier molecular flexibility index (Phi) is 6.12. The summed E-state index contributed by atoms with van der Waals surface area (Å²) in [6.07, 6.45) is 7.22. The van der Waals surface area contributed by atoms with E-state index in [1.165, 1.54) is 0 Å². The zero-order chi connectivity index (χ0) is 9.40. The highest BCUT2D eigenvalue weighted by Crippen LogP contribution is 1.92. The fourth-order valence-electron chi connectivity index (χ4n) is 0.831. The highest BCUT2D eigenvalue weighted by atomic mass is 16.2. The molecule has 12 heavy (non-hydrogen) atoms. The molecule has 0 aromatic rings. The van der Waals surface area contributed by atoms with Crippen LogP contribution in [0.15, 0.2) is 0 Å². The monoisotopic (exact) mass is 168 g/mol. The molecule has 68 valence electrons. The maximum Gasteiger partial charge on any atom is 0.236 e. The van der Waals surface area contributed by atoms with Gasteiger partial charge in [-0.3, -0.25) is 4.79 Å². The first-order valence-corrected chi connectivity index (χ1v) is 4.19. The van der Waals surface area contributed by atoms with Crippen LogP contribution in [-0.2, 0) is 4.79 Å². The maximum atomic E-state index is 11.1. The summed E-state index contributed by atoms with van der Waals surface area (Å²) in [5.74, 6) is 2.33. The number of hydrogen-bond acceptors (Lipinski definition) is 2. The predicted molar refractivity (Wildman–Crippen MR) is 49.3 cm³/mol. The van der Waals surface area contributed by atoms with Crippen LogP contribution >= 0.6 is 0 Å². The molecule has 0 fully saturated rings. The average Bonchev–Trinajstić information content (AvgIpc) is 2.05. The van der Waals surface area contributed by atoms with E-state index in [2.05, 4.69) is 11.2 Å². The normalized spacial score (nSPS) is 11.8. The van der Waals surface area contributed by atoms with E-state index < -0.39 is 0 Å². The van der Waals surface area contributed by atoms with Crippen LogP contribution in [0.4, 0.5) is 0 Å². The van der Waals surface area contributed by atoms with E-state index in [0.29, 0.717) is 13.0 Å². The van der Waals surface area contributed by atoms with Gasteiger partial charge in [0.25, 0.3) is 0 Å². The van der Waals surface area contributed by atoms with E-state index in [1.54, 1.807) is 0 Å². The zero-order valence-electron chi connectivity index (χ0n) is 7.47. The summed E-state index contributed by atoms with van der Waals surface area (Å²) in [6.45, 7) is 2.52. The number of rotatable bonds is 5. The number of hydrogen-bond donors (Lipinski definition) is 2. The molecule has 1 amide bonds. The van der Waals surface area contributed by atoms with E-state index in [0.717, 1.165) is 12.8 Å². The smallest absolute Gasteiger partial charge is 0.236 e. The minimum absolute atomic E-state index is 0.105. The van der Waals surface area contributed by atoms with Gasteiger partial charge in [-0.25, -0.2) is 0 Å². The van der Waals surface area contributed by atoms with E-state index in [1.807, 2.05) is 6.92 Å². The molecule has 0 radical (unpaired) electrons. The summed E-state index contributed by atoms with van der Waals surface area (Å²) in [5.41, 5.74) is 5.55. The number of nitrogens with one attached hydrogen (secondary N) is 1. The molecular weight excluding hydrogens is 152 g/mol.